The average molecular weight is 372 g/mol. The maximum absolute atomic E-state index is 13.7. The van der Waals surface area contributed by atoms with E-state index in [1.54, 1.807) is 25.3 Å². The summed E-state index contributed by atoms with van der Waals surface area (Å²) in [7, 11) is 1.63. The Balaban J connectivity index is 1.55. The van der Waals surface area contributed by atoms with E-state index in [1.807, 2.05) is 18.2 Å². The molecule has 4 nitrogen and oxygen atoms in total. The summed E-state index contributed by atoms with van der Waals surface area (Å²) >= 11 is 0. The summed E-state index contributed by atoms with van der Waals surface area (Å²) in [5, 5.41) is 3.56. The molecule has 146 valence electrons. The van der Waals surface area contributed by atoms with Crippen LogP contribution in [0.3, 0.4) is 0 Å². The predicted molar refractivity (Wildman–Crippen MR) is 106 cm³/mol. The van der Waals surface area contributed by atoms with E-state index < -0.39 is 0 Å². The molecule has 1 unspecified atom stereocenters. The van der Waals surface area contributed by atoms with Gasteiger partial charge in [-0.2, -0.15) is 0 Å². The van der Waals surface area contributed by atoms with Crippen LogP contribution in [-0.2, 0) is 13.2 Å². The normalized spacial score (nSPS) is 17.2. The Bertz CT molecular complexity index is 738. The van der Waals surface area contributed by atoms with E-state index in [9.17, 15) is 4.39 Å². The first-order valence-corrected chi connectivity index (χ1v) is 9.69. The SMILES string of the molecule is CCN1CCCC1CNCc1ccc(OCc2ccccc2F)c(OC)c1. The second-order valence-electron chi connectivity index (χ2n) is 6.92. The Morgan fingerprint density at radius 1 is 1.19 bits per heavy atom. The third kappa shape index (κ3) is 5.21. The summed E-state index contributed by atoms with van der Waals surface area (Å²) in [4.78, 5) is 2.53. The minimum atomic E-state index is -0.259. The molecule has 1 N–H and O–H groups in total. The molecule has 3 rings (SSSR count). The zero-order valence-electron chi connectivity index (χ0n) is 16.2. The molecule has 1 saturated heterocycles. The van der Waals surface area contributed by atoms with Gasteiger partial charge in [-0.3, -0.25) is 4.90 Å². The van der Waals surface area contributed by atoms with Crippen molar-refractivity contribution in [3.05, 3.63) is 59.4 Å². The molecule has 0 spiro atoms. The Morgan fingerprint density at radius 3 is 2.81 bits per heavy atom. The van der Waals surface area contributed by atoms with Crippen LogP contribution in [0.25, 0.3) is 0 Å². The molecule has 0 aliphatic carbocycles. The van der Waals surface area contributed by atoms with Crippen molar-refractivity contribution in [3.8, 4) is 11.5 Å². The lowest BCUT2D eigenvalue weighted by molar-refractivity contribution is 0.259. The molecule has 2 aromatic rings. The lowest BCUT2D eigenvalue weighted by Gasteiger charge is -2.23. The molecule has 0 bridgehead atoms. The molecule has 0 radical (unpaired) electrons. The van der Waals surface area contributed by atoms with E-state index in [4.69, 9.17) is 9.47 Å². The van der Waals surface area contributed by atoms with Crippen LogP contribution in [0.1, 0.15) is 30.9 Å². The van der Waals surface area contributed by atoms with E-state index in [2.05, 4.69) is 17.1 Å². The smallest absolute Gasteiger partial charge is 0.161 e. The molecule has 1 fully saturated rings. The molecule has 0 saturated carbocycles. The van der Waals surface area contributed by atoms with Gasteiger partial charge in [-0.15, -0.1) is 0 Å². The van der Waals surface area contributed by atoms with Crippen LogP contribution in [-0.4, -0.2) is 37.7 Å². The minimum Gasteiger partial charge on any atom is -0.493 e. The topological polar surface area (TPSA) is 33.7 Å². The fourth-order valence-corrected chi connectivity index (χ4v) is 3.64. The number of halogens is 1. The highest BCUT2D eigenvalue weighted by atomic mass is 19.1. The van der Waals surface area contributed by atoms with E-state index in [1.165, 1.54) is 25.5 Å². The molecule has 27 heavy (non-hydrogen) atoms. The quantitative estimate of drug-likeness (QED) is 0.722. The van der Waals surface area contributed by atoms with Gasteiger partial charge in [0.05, 0.1) is 7.11 Å². The third-order valence-electron chi connectivity index (χ3n) is 5.18. The van der Waals surface area contributed by atoms with Gasteiger partial charge >= 0.3 is 0 Å². The molecule has 1 aliphatic heterocycles. The molecule has 0 amide bonds. The van der Waals surface area contributed by atoms with Crippen LogP contribution in [0.4, 0.5) is 4.39 Å². The average Bonchev–Trinajstić information content (AvgIpc) is 3.15. The fourth-order valence-electron chi connectivity index (χ4n) is 3.64. The molecule has 1 heterocycles. The van der Waals surface area contributed by atoms with Gasteiger partial charge in [0.2, 0.25) is 0 Å². The number of likely N-dealkylation sites (tertiary alicyclic amines) is 1. The summed E-state index contributed by atoms with van der Waals surface area (Å²) in [6.45, 7) is 6.52. The highest BCUT2D eigenvalue weighted by molar-refractivity contribution is 5.43. The number of methoxy groups -OCH3 is 1. The number of hydrogen-bond donors (Lipinski definition) is 1. The van der Waals surface area contributed by atoms with Gasteiger partial charge < -0.3 is 14.8 Å². The Morgan fingerprint density at radius 2 is 2.04 bits per heavy atom. The van der Waals surface area contributed by atoms with E-state index in [-0.39, 0.29) is 12.4 Å². The minimum absolute atomic E-state index is 0.176. The van der Waals surface area contributed by atoms with Gasteiger partial charge in [0.15, 0.2) is 11.5 Å². The largest absolute Gasteiger partial charge is 0.493 e. The van der Waals surface area contributed by atoms with Crippen molar-refractivity contribution in [2.75, 3.05) is 26.7 Å². The number of nitrogens with zero attached hydrogens (tertiary/aromatic N) is 1. The maximum atomic E-state index is 13.7. The summed E-state index contributed by atoms with van der Waals surface area (Å²) < 4.78 is 25.0. The Hall–Kier alpha value is -2.11. The standard InChI is InChI=1S/C22H29FN2O2/c1-3-25-12-6-8-19(25)15-24-14-17-10-11-21(22(13-17)26-2)27-16-18-7-4-5-9-20(18)23/h4-5,7,9-11,13,19,24H,3,6,8,12,14-16H2,1-2H3. The number of ether oxygens (including phenoxy) is 2. The highest BCUT2D eigenvalue weighted by Gasteiger charge is 2.22. The van der Waals surface area contributed by atoms with Crippen LogP contribution in [0, 0.1) is 5.82 Å². The van der Waals surface area contributed by atoms with Crippen molar-refractivity contribution < 1.29 is 13.9 Å². The van der Waals surface area contributed by atoms with Crippen molar-refractivity contribution in [3.63, 3.8) is 0 Å². The van der Waals surface area contributed by atoms with Crippen molar-refractivity contribution >= 4 is 0 Å². The summed E-state index contributed by atoms with van der Waals surface area (Å²) in [6, 6.07) is 13.2. The van der Waals surface area contributed by atoms with Gasteiger partial charge in [0.1, 0.15) is 12.4 Å². The summed E-state index contributed by atoms with van der Waals surface area (Å²) in [6.07, 6.45) is 2.56. The highest BCUT2D eigenvalue weighted by Crippen LogP contribution is 2.29. The van der Waals surface area contributed by atoms with Gasteiger partial charge in [-0.05, 0) is 49.7 Å². The van der Waals surface area contributed by atoms with E-state index >= 15 is 0 Å². The van der Waals surface area contributed by atoms with Crippen LogP contribution >= 0.6 is 0 Å². The second-order valence-corrected chi connectivity index (χ2v) is 6.92. The van der Waals surface area contributed by atoms with Crippen LogP contribution in [0.15, 0.2) is 42.5 Å². The molecule has 1 aliphatic rings. The molecular weight excluding hydrogens is 343 g/mol. The predicted octanol–water partition coefficient (Wildman–Crippen LogP) is 3.99. The Labute approximate surface area is 161 Å². The number of hydrogen-bond acceptors (Lipinski definition) is 4. The van der Waals surface area contributed by atoms with Crippen molar-refractivity contribution in [1.82, 2.24) is 10.2 Å². The van der Waals surface area contributed by atoms with Crippen molar-refractivity contribution in [2.45, 2.75) is 39.0 Å². The maximum Gasteiger partial charge on any atom is 0.161 e. The monoisotopic (exact) mass is 372 g/mol. The number of rotatable bonds is 9. The first kappa shape index (κ1) is 19.6. The molecule has 5 heteroatoms. The first-order chi connectivity index (χ1) is 13.2. The summed E-state index contributed by atoms with van der Waals surface area (Å²) in [5.74, 6) is 1.03. The molecule has 1 atom stereocenters. The lowest BCUT2D eigenvalue weighted by atomic mass is 10.1. The third-order valence-corrected chi connectivity index (χ3v) is 5.18. The Kier molecular flexibility index (Phi) is 7.07. The first-order valence-electron chi connectivity index (χ1n) is 9.69. The van der Waals surface area contributed by atoms with Crippen molar-refractivity contribution in [1.29, 1.82) is 0 Å². The second kappa shape index (κ2) is 9.72. The van der Waals surface area contributed by atoms with E-state index in [0.29, 0.717) is 23.1 Å². The number of benzene rings is 2. The van der Waals surface area contributed by atoms with Crippen LogP contribution in [0.5, 0.6) is 11.5 Å². The number of likely N-dealkylation sites (N-methyl/N-ethyl adjacent to an activating group) is 1. The van der Waals surface area contributed by atoms with Crippen LogP contribution < -0.4 is 14.8 Å². The molecule has 2 aromatic carbocycles. The van der Waals surface area contributed by atoms with Gasteiger partial charge in [-0.25, -0.2) is 4.39 Å². The van der Waals surface area contributed by atoms with Gasteiger partial charge in [0.25, 0.3) is 0 Å². The zero-order chi connectivity index (χ0) is 19.1. The molecular formula is C22H29FN2O2. The van der Waals surface area contributed by atoms with Gasteiger partial charge in [0, 0.05) is 24.7 Å². The van der Waals surface area contributed by atoms with Crippen molar-refractivity contribution in [2.24, 2.45) is 0 Å². The van der Waals surface area contributed by atoms with E-state index in [0.717, 1.165) is 25.2 Å². The zero-order valence-corrected chi connectivity index (χ0v) is 16.2. The fraction of sp³-hybridized carbons (Fsp3) is 0.455. The number of nitrogens with one attached hydrogen (secondary N) is 1. The lowest BCUT2D eigenvalue weighted by Crippen LogP contribution is -2.37. The summed E-state index contributed by atoms with van der Waals surface area (Å²) in [5.41, 5.74) is 1.67. The van der Waals surface area contributed by atoms with Crippen LogP contribution in [0.2, 0.25) is 0 Å². The molecule has 0 aromatic heterocycles. The van der Waals surface area contributed by atoms with Gasteiger partial charge in [-0.1, -0.05) is 31.2 Å².